The van der Waals surface area contributed by atoms with Crippen LogP contribution >= 0.6 is 0 Å². The van der Waals surface area contributed by atoms with Crippen LogP contribution in [0, 0.1) is 12.8 Å². The number of likely N-dealkylation sites (tertiary alicyclic amines) is 1. The Bertz CT molecular complexity index is 377. The topological polar surface area (TPSA) is 15.3 Å². The van der Waals surface area contributed by atoms with Gasteiger partial charge in [0.05, 0.1) is 0 Å². The van der Waals surface area contributed by atoms with Crippen LogP contribution in [-0.4, -0.2) is 31.6 Å². The zero-order chi connectivity index (χ0) is 14.4. The molecule has 1 heterocycles. The van der Waals surface area contributed by atoms with Gasteiger partial charge in [-0.1, -0.05) is 49.6 Å². The van der Waals surface area contributed by atoms with Gasteiger partial charge in [0.15, 0.2) is 0 Å². The van der Waals surface area contributed by atoms with Crippen molar-refractivity contribution in [1.29, 1.82) is 0 Å². The van der Waals surface area contributed by atoms with Crippen molar-refractivity contribution in [3.05, 3.63) is 35.4 Å². The summed E-state index contributed by atoms with van der Waals surface area (Å²) in [5, 5.41) is 3.48. The molecule has 1 aromatic rings. The molecule has 2 heteroatoms. The largest absolute Gasteiger partial charge is 0.312 e. The second-order valence-corrected chi connectivity index (χ2v) is 6.28. The van der Waals surface area contributed by atoms with Gasteiger partial charge in [0.25, 0.3) is 0 Å². The van der Waals surface area contributed by atoms with E-state index in [9.17, 15) is 0 Å². The van der Waals surface area contributed by atoms with Crippen LogP contribution in [0.4, 0.5) is 0 Å². The van der Waals surface area contributed by atoms with E-state index in [1.165, 1.54) is 49.9 Å². The number of piperidine rings is 1. The summed E-state index contributed by atoms with van der Waals surface area (Å²) in [6, 6.07) is 9.42. The molecule has 0 spiro atoms. The zero-order valence-corrected chi connectivity index (χ0v) is 13.4. The van der Waals surface area contributed by atoms with Crippen LogP contribution in [0.25, 0.3) is 0 Å². The third-order valence-corrected chi connectivity index (χ3v) is 4.67. The molecular weight excluding hydrogens is 244 g/mol. The molecular formula is C18H30N2. The van der Waals surface area contributed by atoms with E-state index in [0.717, 1.165) is 12.5 Å². The van der Waals surface area contributed by atoms with Crippen LogP contribution < -0.4 is 5.32 Å². The van der Waals surface area contributed by atoms with Crippen LogP contribution in [0.3, 0.4) is 0 Å². The smallest absolute Gasteiger partial charge is 0.0446 e. The first kappa shape index (κ1) is 15.5. The van der Waals surface area contributed by atoms with Gasteiger partial charge in [-0.3, -0.25) is 0 Å². The Balaban J connectivity index is 1.86. The third kappa shape index (κ3) is 4.32. The maximum absolute atomic E-state index is 3.48. The fourth-order valence-corrected chi connectivity index (χ4v) is 3.29. The van der Waals surface area contributed by atoms with Crippen LogP contribution in [0.2, 0.25) is 0 Å². The SMILES string of the molecule is CCCC1CCN(CC(NC)c2ccc(C)cc2)CC1. The Morgan fingerprint density at radius 2 is 1.85 bits per heavy atom. The average Bonchev–Trinajstić information content (AvgIpc) is 2.48. The number of aryl methyl sites for hydroxylation is 1. The molecule has 1 aromatic carbocycles. The van der Waals surface area contributed by atoms with Crippen molar-refractivity contribution >= 4 is 0 Å². The minimum atomic E-state index is 0.457. The lowest BCUT2D eigenvalue weighted by atomic mass is 9.92. The lowest BCUT2D eigenvalue weighted by Gasteiger charge is -2.34. The molecule has 1 aliphatic heterocycles. The second-order valence-electron chi connectivity index (χ2n) is 6.28. The van der Waals surface area contributed by atoms with Crippen LogP contribution in [0.5, 0.6) is 0 Å². The number of hydrogen-bond acceptors (Lipinski definition) is 2. The zero-order valence-electron chi connectivity index (χ0n) is 13.4. The van der Waals surface area contributed by atoms with Crippen LogP contribution in [-0.2, 0) is 0 Å². The quantitative estimate of drug-likeness (QED) is 0.849. The van der Waals surface area contributed by atoms with Gasteiger partial charge in [-0.05, 0) is 51.4 Å². The molecule has 112 valence electrons. The molecule has 2 nitrogen and oxygen atoms in total. The van der Waals surface area contributed by atoms with Crippen molar-refractivity contribution in [1.82, 2.24) is 10.2 Å². The van der Waals surface area contributed by atoms with Crippen molar-refractivity contribution in [3.8, 4) is 0 Å². The van der Waals surface area contributed by atoms with Crippen molar-refractivity contribution < 1.29 is 0 Å². The summed E-state index contributed by atoms with van der Waals surface area (Å²) in [7, 11) is 2.08. The molecule has 1 aliphatic rings. The van der Waals surface area contributed by atoms with E-state index in [1.54, 1.807) is 0 Å². The van der Waals surface area contributed by atoms with Crippen molar-refractivity contribution in [2.24, 2.45) is 5.92 Å². The summed E-state index contributed by atoms with van der Waals surface area (Å²) in [5.74, 6) is 0.976. The average molecular weight is 274 g/mol. The first-order valence-corrected chi connectivity index (χ1v) is 8.19. The summed E-state index contributed by atoms with van der Waals surface area (Å²) < 4.78 is 0. The molecule has 0 radical (unpaired) electrons. The van der Waals surface area contributed by atoms with Gasteiger partial charge in [-0.25, -0.2) is 0 Å². The Morgan fingerprint density at radius 3 is 2.40 bits per heavy atom. The predicted molar refractivity (Wildman–Crippen MR) is 87.1 cm³/mol. The summed E-state index contributed by atoms with van der Waals surface area (Å²) >= 11 is 0. The highest BCUT2D eigenvalue weighted by atomic mass is 15.1. The van der Waals surface area contributed by atoms with E-state index in [-0.39, 0.29) is 0 Å². The van der Waals surface area contributed by atoms with Gasteiger partial charge in [0, 0.05) is 12.6 Å². The molecule has 2 rings (SSSR count). The molecule has 0 aromatic heterocycles. The van der Waals surface area contributed by atoms with E-state index in [1.807, 2.05) is 0 Å². The van der Waals surface area contributed by atoms with Gasteiger partial charge in [-0.2, -0.15) is 0 Å². The fourth-order valence-electron chi connectivity index (χ4n) is 3.29. The number of rotatable bonds is 6. The number of nitrogens with one attached hydrogen (secondary N) is 1. The maximum Gasteiger partial charge on any atom is 0.0446 e. The Hall–Kier alpha value is -0.860. The Kier molecular flexibility index (Phi) is 6.06. The van der Waals surface area contributed by atoms with Crippen LogP contribution in [0.15, 0.2) is 24.3 Å². The van der Waals surface area contributed by atoms with Gasteiger partial charge < -0.3 is 10.2 Å². The molecule has 0 bridgehead atoms. The number of nitrogens with zero attached hydrogens (tertiary/aromatic N) is 1. The summed E-state index contributed by atoms with van der Waals surface area (Å²) in [4.78, 5) is 2.63. The minimum Gasteiger partial charge on any atom is -0.312 e. The molecule has 1 unspecified atom stereocenters. The van der Waals surface area contributed by atoms with Crippen molar-refractivity contribution in [2.45, 2.75) is 45.6 Å². The number of benzene rings is 1. The normalized spacial score (nSPS) is 19.1. The molecule has 1 N–H and O–H groups in total. The van der Waals surface area contributed by atoms with Gasteiger partial charge in [-0.15, -0.1) is 0 Å². The standard InChI is InChI=1S/C18H30N2/c1-4-5-16-10-12-20(13-11-16)14-18(19-3)17-8-6-15(2)7-9-17/h6-9,16,18-19H,4-5,10-14H2,1-3H3. The van der Waals surface area contributed by atoms with Crippen molar-refractivity contribution in [3.63, 3.8) is 0 Å². The first-order valence-electron chi connectivity index (χ1n) is 8.19. The highest BCUT2D eigenvalue weighted by molar-refractivity contribution is 5.24. The Morgan fingerprint density at radius 1 is 1.20 bits per heavy atom. The van der Waals surface area contributed by atoms with Crippen LogP contribution in [0.1, 0.15) is 49.8 Å². The van der Waals surface area contributed by atoms with E-state index in [0.29, 0.717) is 6.04 Å². The molecule has 0 saturated carbocycles. The number of likely N-dealkylation sites (N-methyl/N-ethyl adjacent to an activating group) is 1. The molecule has 0 aliphatic carbocycles. The predicted octanol–water partition coefficient (Wildman–Crippen LogP) is 3.77. The molecule has 0 amide bonds. The summed E-state index contributed by atoms with van der Waals surface area (Å²) in [6.07, 6.45) is 5.53. The third-order valence-electron chi connectivity index (χ3n) is 4.67. The fraction of sp³-hybridized carbons (Fsp3) is 0.667. The molecule has 1 saturated heterocycles. The van der Waals surface area contributed by atoms with Gasteiger partial charge in [0.2, 0.25) is 0 Å². The number of hydrogen-bond donors (Lipinski definition) is 1. The highest BCUT2D eigenvalue weighted by Crippen LogP contribution is 2.23. The minimum absolute atomic E-state index is 0.457. The molecule has 1 fully saturated rings. The summed E-state index contributed by atoms with van der Waals surface area (Å²) in [6.45, 7) is 8.14. The molecule has 20 heavy (non-hydrogen) atoms. The second kappa shape index (κ2) is 7.80. The van der Waals surface area contributed by atoms with Crippen molar-refractivity contribution in [2.75, 3.05) is 26.7 Å². The van der Waals surface area contributed by atoms with Gasteiger partial charge in [0.1, 0.15) is 0 Å². The highest BCUT2D eigenvalue weighted by Gasteiger charge is 2.21. The van der Waals surface area contributed by atoms with E-state index in [2.05, 4.69) is 55.4 Å². The first-order chi connectivity index (χ1) is 9.72. The lowest BCUT2D eigenvalue weighted by molar-refractivity contribution is 0.165. The van der Waals surface area contributed by atoms with E-state index < -0.39 is 0 Å². The van der Waals surface area contributed by atoms with E-state index >= 15 is 0 Å². The monoisotopic (exact) mass is 274 g/mol. The lowest BCUT2D eigenvalue weighted by Crippen LogP contribution is -2.39. The Labute approximate surface area is 124 Å². The maximum atomic E-state index is 3.48. The van der Waals surface area contributed by atoms with Gasteiger partial charge >= 0.3 is 0 Å². The molecule has 1 atom stereocenters. The van der Waals surface area contributed by atoms with E-state index in [4.69, 9.17) is 0 Å². The summed E-state index contributed by atoms with van der Waals surface area (Å²) in [5.41, 5.74) is 2.75.